The molecule has 2 saturated heterocycles. The fourth-order valence-corrected chi connectivity index (χ4v) is 5.76. The Morgan fingerprint density at radius 3 is 2.73 bits per heavy atom. The van der Waals surface area contributed by atoms with E-state index < -0.39 is 23.5 Å². The highest BCUT2D eigenvalue weighted by molar-refractivity contribution is 6.46. The number of amides is 1. The molecule has 8 heteroatoms. The van der Waals surface area contributed by atoms with Crippen molar-refractivity contribution in [2.45, 2.75) is 52.2 Å². The number of carbonyl (C=O) groups is 2. The fraction of sp³-hybridized carbons (Fsp3) is 0.500. The summed E-state index contributed by atoms with van der Waals surface area (Å²) in [5, 5.41) is 13.9. The fourth-order valence-electron chi connectivity index (χ4n) is 5.76. The summed E-state index contributed by atoms with van der Waals surface area (Å²) in [5.74, 6) is 0.198. The van der Waals surface area contributed by atoms with E-state index in [4.69, 9.17) is 14.2 Å². The van der Waals surface area contributed by atoms with Crippen LogP contribution in [0.4, 0.5) is 0 Å². The molecule has 0 aromatic heterocycles. The van der Waals surface area contributed by atoms with Crippen LogP contribution in [0.15, 0.2) is 48.0 Å². The minimum absolute atomic E-state index is 0.00923. The van der Waals surface area contributed by atoms with Crippen LogP contribution in [-0.2, 0) is 20.7 Å². The normalized spacial score (nSPS) is 22.6. The number of Topliss-reactive ketones (excluding diaryl/α,β-unsaturated/α-hetero) is 1. The first-order chi connectivity index (χ1) is 19.3. The Balaban J connectivity index is 1.47. The summed E-state index contributed by atoms with van der Waals surface area (Å²) in [4.78, 5) is 29.9. The van der Waals surface area contributed by atoms with Gasteiger partial charge in [0.05, 0.1) is 32.4 Å². The third-order valence-corrected chi connectivity index (χ3v) is 7.95. The largest absolute Gasteiger partial charge is 0.872 e. The number of likely N-dealkylation sites (tertiary alicyclic amines) is 1. The maximum Gasteiger partial charge on any atom is 0.295 e. The lowest BCUT2D eigenvalue weighted by Gasteiger charge is -2.29. The van der Waals surface area contributed by atoms with Crippen LogP contribution in [0, 0.1) is 5.92 Å². The third-order valence-electron chi connectivity index (χ3n) is 7.95. The van der Waals surface area contributed by atoms with Crippen molar-refractivity contribution in [2.75, 3.05) is 46.0 Å². The molecular weight excluding hydrogens is 508 g/mol. The Kier molecular flexibility index (Phi) is 8.76. The van der Waals surface area contributed by atoms with Gasteiger partial charge in [0.2, 0.25) is 5.78 Å². The summed E-state index contributed by atoms with van der Waals surface area (Å²) in [6.07, 6.45) is 2.38. The van der Waals surface area contributed by atoms with Crippen molar-refractivity contribution in [3.05, 3.63) is 64.7 Å². The molecule has 2 aromatic rings. The molecule has 0 aliphatic carbocycles. The number of benzene rings is 2. The minimum atomic E-state index is -0.760. The number of fused-ring (bicyclic) bond motifs is 1. The maximum atomic E-state index is 13.9. The van der Waals surface area contributed by atoms with Gasteiger partial charge in [0.25, 0.3) is 5.91 Å². The van der Waals surface area contributed by atoms with Crippen molar-refractivity contribution in [1.29, 1.82) is 0 Å². The van der Waals surface area contributed by atoms with Crippen LogP contribution in [-0.4, -0.2) is 68.7 Å². The summed E-state index contributed by atoms with van der Waals surface area (Å²) in [7, 11) is 0. The molecule has 2 fully saturated rings. The molecule has 8 nitrogen and oxygen atoms in total. The maximum absolute atomic E-state index is 13.9. The van der Waals surface area contributed by atoms with Gasteiger partial charge in [0, 0.05) is 25.0 Å². The van der Waals surface area contributed by atoms with Gasteiger partial charge in [-0.1, -0.05) is 37.8 Å². The summed E-state index contributed by atoms with van der Waals surface area (Å²) in [6, 6.07) is 12.0. The molecule has 40 heavy (non-hydrogen) atoms. The van der Waals surface area contributed by atoms with Crippen LogP contribution in [0.3, 0.4) is 0 Å². The van der Waals surface area contributed by atoms with Crippen molar-refractivity contribution in [1.82, 2.24) is 4.90 Å². The molecule has 0 spiro atoms. The highest BCUT2D eigenvalue weighted by atomic mass is 16.5. The quantitative estimate of drug-likeness (QED) is 0.277. The molecule has 0 radical (unpaired) electrons. The van der Waals surface area contributed by atoms with E-state index in [9.17, 15) is 14.7 Å². The van der Waals surface area contributed by atoms with Crippen molar-refractivity contribution in [2.24, 2.45) is 5.92 Å². The Labute approximate surface area is 236 Å². The predicted octanol–water partition coefficient (Wildman–Crippen LogP) is 1.96. The van der Waals surface area contributed by atoms with Gasteiger partial charge in [0.1, 0.15) is 30.7 Å². The summed E-state index contributed by atoms with van der Waals surface area (Å²) < 4.78 is 17.3. The Bertz CT molecular complexity index is 1270. The molecule has 3 aliphatic heterocycles. The average Bonchev–Trinajstić information content (AvgIpc) is 3.44. The van der Waals surface area contributed by atoms with Crippen LogP contribution in [0.2, 0.25) is 0 Å². The number of nitrogens with one attached hydrogen (secondary N) is 1. The number of ketones is 1. The SMILES string of the molecule is CC(C)CCOc1cccc(C2C(=C([O-])c3ccc4c(c3)CC(C)O4)C(=O)C(=O)N2CCC[NH+]2CCOCC2)c1. The number of hydrogen-bond acceptors (Lipinski definition) is 6. The minimum Gasteiger partial charge on any atom is -0.872 e. The smallest absolute Gasteiger partial charge is 0.295 e. The molecule has 2 aromatic carbocycles. The Morgan fingerprint density at radius 1 is 1.15 bits per heavy atom. The lowest BCUT2D eigenvalue weighted by atomic mass is 9.94. The summed E-state index contributed by atoms with van der Waals surface area (Å²) in [6.45, 7) is 11.4. The van der Waals surface area contributed by atoms with Crippen LogP contribution in [0.1, 0.15) is 56.3 Å². The van der Waals surface area contributed by atoms with Crippen molar-refractivity contribution < 1.29 is 33.8 Å². The van der Waals surface area contributed by atoms with Crippen molar-refractivity contribution in [3.8, 4) is 11.5 Å². The van der Waals surface area contributed by atoms with Crippen LogP contribution in [0.25, 0.3) is 5.76 Å². The van der Waals surface area contributed by atoms with E-state index in [-0.39, 0.29) is 11.7 Å². The zero-order valence-corrected chi connectivity index (χ0v) is 23.7. The van der Waals surface area contributed by atoms with Gasteiger partial charge in [-0.3, -0.25) is 9.59 Å². The van der Waals surface area contributed by atoms with Crippen molar-refractivity contribution >= 4 is 17.4 Å². The van der Waals surface area contributed by atoms with Gasteiger partial charge in [0.15, 0.2) is 0 Å². The topological polar surface area (TPSA) is 92.6 Å². The van der Waals surface area contributed by atoms with E-state index in [1.807, 2.05) is 31.2 Å². The van der Waals surface area contributed by atoms with E-state index in [1.54, 1.807) is 23.1 Å². The van der Waals surface area contributed by atoms with Crippen LogP contribution < -0.4 is 19.5 Å². The second-order valence-corrected chi connectivity index (χ2v) is 11.5. The lowest BCUT2D eigenvalue weighted by molar-refractivity contribution is -0.908. The van der Waals surface area contributed by atoms with Gasteiger partial charge < -0.3 is 29.1 Å². The zero-order valence-electron chi connectivity index (χ0n) is 23.7. The first-order valence-electron chi connectivity index (χ1n) is 14.5. The lowest BCUT2D eigenvalue weighted by Crippen LogP contribution is -3.14. The summed E-state index contributed by atoms with van der Waals surface area (Å²) >= 11 is 0. The van der Waals surface area contributed by atoms with Gasteiger partial charge in [-0.05, 0) is 60.2 Å². The number of rotatable bonds is 10. The second kappa shape index (κ2) is 12.4. The van der Waals surface area contributed by atoms with Gasteiger partial charge >= 0.3 is 0 Å². The van der Waals surface area contributed by atoms with Crippen molar-refractivity contribution in [3.63, 3.8) is 0 Å². The molecule has 3 aliphatic rings. The Morgan fingerprint density at radius 2 is 1.95 bits per heavy atom. The predicted molar refractivity (Wildman–Crippen MR) is 149 cm³/mol. The number of nitrogens with zero attached hydrogens (tertiary/aromatic N) is 1. The number of hydrogen-bond donors (Lipinski definition) is 1. The number of carbonyl (C=O) groups excluding carboxylic acids is 2. The van der Waals surface area contributed by atoms with E-state index in [0.717, 1.165) is 57.0 Å². The molecule has 2 atom stereocenters. The first-order valence-corrected chi connectivity index (χ1v) is 14.5. The van der Waals surface area contributed by atoms with Gasteiger partial charge in [-0.25, -0.2) is 0 Å². The molecule has 0 saturated carbocycles. The first kappa shape index (κ1) is 28.2. The molecule has 214 valence electrons. The van der Waals surface area contributed by atoms with E-state index in [0.29, 0.717) is 42.4 Å². The number of morpholine rings is 1. The monoisotopic (exact) mass is 548 g/mol. The summed E-state index contributed by atoms with van der Waals surface area (Å²) in [5.41, 5.74) is 2.07. The van der Waals surface area contributed by atoms with E-state index >= 15 is 0 Å². The second-order valence-electron chi connectivity index (χ2n) is 11.5. The average molecular weight is 549 g/mol. The number of quaternary nitrogens is 1. The molecule has 1 amide bonds. The highest BCUT2D eigenvalue weighted by Gasteiger charge is 2.44. The molecule has 1 N–H and O–H groups in total. The molecule has 2 unspecified atom stereocenters. The standard InChI is InChI=1S/C32H40N2O6/c1-21(2)10-15-39-26-7-4-6-23(20-26)29-28(30(35)24-8-9-27-25(19-24)18-22(3)40-27)31(36)32(37)34(29)12-5-11-33-13-16-38-17-14-33/h4,6-9,19-22,29,35H,5,10-18H2,1-3H3. The molecule has 5 rings (SSSR count). The zero-order chi connectivity index (χ0) is 28.2. The number of ether oxygens (including phenoxy) is 3. The molecule has 0 bridgehead atoms. The van der Waals surface area contributed by atoms with E-state index in [1.165, 1.54) is 4.90 Å². The van der Waals surface area contributed by atoms with Crippen LogP contribution in [0.5, 0.6) is 11.5 Å². The Hall–Kier alpha value is -3.36. The van der Waals surface area contributed by atoms with Gasteiger partial charge in [-0.15, -0.1) is 0 Å². The molecular formula is C32H40N2O6. The van der Waals surface area contributed by atoms with Gasteiger partial charge in [-0.2, -0.15) is 0 Å². The third kappa shape index (κ3) is 6.18. The van der Waals surface area contributed by atoms with Crippen LogP contribution >= 0.6 is 0 Å². The highest BCUT2D eigenvalue weighted by Crippen LogP contribution is 2.40. The van der Waals surface area contributed by atoms with E-state index in [2.05, 4.69) is 13.8 Å². The molecule has 3 heterocycles.